The van der Waals surface area contributed by atoms with Crippen molar-refractivity contribution in [2.24, 2.45) is 5.92 Å². The molecule has 2 rings (SSSR count). The van der Waals surface area contributed by atoms with Crippen LogP contribution in [0.15, 0.2) is 12.4 Å². The summed E-state index contributed by atoms with van der Waals surface area (Å²) in [6, 6.07) is 0. The van der Waals surface area contributed by atoms with E-state index in [0.717, 1.165) is 25.4 Å². The van der Waals surface area contributed by atoms with E-state index in [1.54, 1.807) is 0 Å². The smallest absolute Gasteiger partial charge is 0.0820 e. The largest absolute Gasteiger partial charge is 0.301 e. The molecule has 0 aliphatic carbocycles. The van der Waals surface area contributed by atoms with Gasteiger partial charge in [-0.15, -0.1) is 11.8 Å². The fourth-order valence-corrected chi connectivity index (χ4v) is 2.93. The Bertz CT molecular complexity index is 303. The van der Waals surface area contributed by atoms with E-state index in [9.17, 15) is 0 Å². The zero-order valence-electron chi connectivity index (χ0n) is 9.44. The van der Waals surface area contributed by atoms with Gasteiger partial charge in [-0.05, 0) is 24.6 Å². The van der Waals surface area contributed by atoms with E-state index in [2.05, 4.69) is 30.5 Å². The summed E-state index contributed by atoms with van der Waals surface area (Å²) >= 11 is 1.99. The van der Waals surface area contributed by atoms with Gasteiger partial charge in [0.1, 0.15) is 0 Å². The van der Waals surface area contributed by atoms with Crippen LogP contribution in [0.1, 0.15) is 31.2 Å². The third kappa shape index (κ3) is 2.75. The van der Waals surface area contributed by atoms with Gasteiger partial charge in [-0.3, -0.25) is 4.68 Å². The monoisotopic (exact) mass is 225 g/mol. The quantitative estimate of drug-likeness (QED) is 0.856. The van der Waals surface area contributed by atoms with E-state index in [1.165, 1.54) is 11.3 Å². The highest BCUT2D eigenvalue weighted by Crippen LogP contribution is 2.30. The molecule has 0 spiro atoms. The molecule has 0 aromatic carbocycles. The number of hydrogen-bond acceptors (Lipinski definition) is 3. The van der Waals surface area contributed by atoms with E-state index in [0.29, 0.717) is 5.37 Å². The molecule has 84 valence electrons. The standard InChI is InChI=1S/C11H19N3S/c1-3-4-14-7-10(6-13-14)11-12-5-9(2)8-15-11/h6-7,9,11-12H,3-5,8H2,1-2H3. The summed E-state index contributed by atoms with van der Waals surface area (Å²) < 4.78 is 2.04. The molecule has 4 heteroatoms. The van der Waals surface area contributed by atoms with Crippen molar-refractivity contribution in [1.82, 2.24) is 15.1 Å². The van der Waals surface area contributed by atoms with E-state index in [-0.39, 0.29) is 0 Å². The molecule has 3 nitrogen and oxygen atoms in total. The van der Waals surface area contributed by atoms with Gasteiger partial charge in [-0.2, -0.15) is 5.10 Å². The van der Waals surface area contributed by atoms with Crippen molar-refractivity contribution < 1.29 is 0 Å². The van der Waals surface area contributed by atoms with Gasteiger partial charge in [0.2, 0.25) is 0 Å². The predicted molar refractivity (Wildman–Crippen MR) is 64.9 cm³/mol. The minimum absolute atomic E-state index is 0.451. The Labute approximate surface area is 95.6 Å². The molecule has 15 heavy (non-hydrogen) atoms. The lowest BCUT2D eigenvalue weighted by molar-refractivity contribution is 0.529. The van der Waals surface area contributed by atoms with Crippen LogP contribution >= 0.6 is 11.8 Å². The first-order valence-electron chi connectivity index (χ1n) is 5.67. The third-order valence-electron chi connectivity index (χ3n) is 2.61. The van der Waals surface area contributed by atoms with E-state index in [4.69, 9.17) is 0 Å². The van der Waals surface area contributed by atoms with Crippen molar-refractivity contribution >= 4 is 11.8 Å². The van der Waals surface area contributed by atoms with Crippen molar-refractivity contribution in [2.45, 2.75) is 32.2 Å². The summed E-state index contributed by atoms with van der Waals surface area (Å²) in [6.07, 6.45) is 5.31. The third-order valence-corrected chi connectivity index (χ3v) is 4.14. The average Bonchev–Trinajstić information content (AvgIpc) is 2.68. The molecular weight excluding hydrogens is 206 g/mol. The maximum Gasteiger partial charge on any atom is 0.0820 e. The minimum Gasteiger partial charge on any atom is -0.301 e. The molecular formula is C11H19N3S. The lowest BCUT2D eigenvalue weighted by atomic mass is 10.2. The van der Waals surface area contributed by atoms with Gasteiger partial charge < -0.3 is 5.32 Å². The molecule has 1 N–H and O–H groups in total. The molecule has 0 saturated carbocycles. The SMILES string of the molecule is CCCn1cc(C2NCC(C)CS2)cn1. The van der Waals surface area contributed by atoms with Crippen LogP contribution in [0.5, 0.6) is 0 Å². The molecule has 2 heterocycles. The van der Waals surface area contributed by atoms with Gasteiger partial charge in [0, 0.05) is 18.3 Å². The number of aromatic nitrogens is 2. The van der Waals surface area contributed by atoms with Gasteiger partial charge in [0.25, 0.3) is 0 Å². The number of nitrogens with zero attached hydrogens (tertiary/aromatic N) is 2. The molecule has 0 radical (unpaired) electrons. The van der Waals surface area contributed by atoms with Crippen LogP contribution in [-0.4, -0.2) is 22.1 Å². The van der Waals surface area contributed by atoms with Crippen LogP contribution in [0.2, 0.25) is 0 Å². The average molecular weight is 225 g/mol. The fraction of sp³-hybridized carbons (Fsp3) is 0.727. The summed E-state index contributed by atoms with van der Waals surface area (Å²) in [4.78, 5) is 0. The lowest BCUT2D eigenvalue weighted by Gasteiger charge is -2.26. The molecule has 2 unspecified atom stereocenters. The van der Waals surface area contributed by atoms with Crippen molar-refractivity contribution in [3.8, 4) is 0 Å². The Kier molecular flexibility index (Phi) is 3.70. The molecule has 1 aromatic heterocycles. The Hall–Kier alpha value is -0.480. The molecule has 1 aromatic rings. The number of rotatable bonds is 3. The van der Waals surface area contributed by atoms with Crippen molar-refractivity contribution in [3.05, 3.63) is 18.0 Å². The van der Waals surface area contributed by atoms with Crippen molar-refractivity contribution in [1.29, 1.82) is 0 Å². The van der Waals surface area contributed by atoms with Gasteiger partial charge in [0.15, 0.2) is 0 Å². The normalized spacial score (nSPS) is 26.8. The first-order valence-corrected chi connectivity index (χ1v) is 6.71. The Morgan fingerprint density at radius 1 is 1.67 bits per heavy atom. The zero-order valence-corrected chi connectivity index (χ0v) is 10.3. The van der Waals surface area contributed by atoms with Crippen LogP contribution in [0.3, 0.4) is 0 Å². The summed E-state index contributed by atoms with van der Waals surface area (Å²) in [5.74, 6) is 2.04. The predicted octanol–water partition coefficient (Wildman–Crippen LogP) is 2.26. The summed E-state index contributed by atoms with van der Waals surface area (Å²) in [7, 11) is 0. The van der Waals surface area contributed by atoms with Crippen LogP contribution in [-0.2, 0) is 6.54 Å². The molecule has 2 atom stereocenters. The molecule has 1 aliphatic heterocycles. The zero-order chi connectivity index (χ0) is 10.7. The second kappa shape index (κ2) is 5.03. The molecule has 1 saturated heterocycles. The number of thioether (sulfide) groups is 1. The van der Waals surface area contributed by atoms with Gasteiger partial charge in [0.05, 0.1) is 11.6 Å². The maximum absolute atomic E-state index is 4.36. The van der Waals surface area contributed by atoms with Gasteiger partial charge in [-0.25, -0.2) is 0 Å². The number of aryl methyl sites for hydroxylation is 1. The van der Waals surface area contributed by atoms with Gasteiger partial charge in [-0.1, -0.05) is 13.8 Å². The first-order chi connectivity index (χ1) is 7.29. The second-order valence-electron chi connectivity index (χ2n) is 4.26. The second-order valence-corrected chi connectivity index (χ2v) is 5.40. The molecule has 1 fully saturated rings. The van der Waals surface area contributed by atoms with E-state index in [1.807, 2.05) is 22.6 Å². The highest BCUT2D eigenvalue weighted by molar-refractivity contribution is 7.99. The minimum atomic E-state index is 0.451. The van der Waals surface area contributed by atoms with Crippen LogP contribution in [0, 0.1) is 5.92 Å². The van der Waals surface area contributed by atoms with E-state index < -0.39 is 0 Å². The fourth-order valence-electron chi connectivity index (χ4n) is 1.77. The Morgan fingerprint density at radius 3 is 3.20 bits per heavy atom. The number of hydrogen-bond donors (Lipinski definition) is 1. The molecule has 1 aliphatic rings. The molecule has 0 amide bonds. The lowest BCUT2D eigenvalue weighted by Crippen LogP contribution is -2.30. The topological polar surface area (TPSA) is 29.9 Å². The van der Waals surface area contributed by atoms with Crippen molar-refractivity contribution in [3.63, 3.8) is 0 Å². The summed E-state index contributed by atoms with van der Waals surface area (Å²) in [6.45, 7) is 6.61. The highest BCUT2D eigenvalue weighted by atomic mass is 32.2. The summed E-state index contributed by atoms with van der Waals surface area (Å²) in [5, 5.41) is 8.36. The Morgan fingerprint density at radius 2 is 2.53 bits per heavy atom. The maximum atomic E-state index is 4.36. The summed E-state index contributed by atoms with van der Waals surface area (Å²) in [5.41, 5.74) is 1.32. The van der Waals surface area contributed by atoms with Crippen LogP contribution < -0.4 is 5.32 Å². The van der Waals surface area contributed by atoms with Crippen molar-refractivity contribution in [2.75, 3.05) is 12.3 Å². The molecule has 0 bridgehead atoms. The van der Waals surface area contributed by atoms with Gasteiger partial charge >= 0.3 is 0 Å². The van der Waals surface area contributed by atoms with Crippen LogP contribution in [0.25, 0.3) is 0 Å². The first kappa shape index (κ1) is 11.0. The highest BCUT2D eigenvalue weighted by Gasteiger charge is 2.20. The van der Waals surface area contributed by atoms with Crippen LogP contribution in [0.4, 0.5) is 0 Å². The van der Waals surface area contributed by atoms with E-state index >= 15 is 0 Å². The Balaban J connectivity index is 1.96. The number of nitrogens with one attached hydrogen (secondary N) is 1.